The van der Waals surface area contributed by atoms with Gasteiger partial charge in [0.05, 0.1) is 6.10 Å². The third kappa shape index (κ3) is 4.10. The molecule has 0 aromatic rings. The van der Waals surface area contributed by atoms with Crippen molar-refractivity contribution in [3.8, 4) is 0 Å². The zero-order valence-electron chi connectivity index (χ0n) is 9.18. The standard InChI is InChI=1S/C11H23NO/c1-4-12-10-7-11(8-10)13-6-5-9(2)3/h9-12H,4-8H2,1-3H3. The Labute approximate surface area is 82.0 Å². The molecule has 1 aliphatic rings. The molecule has 1 rings (SSSR count). The zero-order valence-corrected chi connectivity index (χ0v) is 9.18. The molecule has 0 unspecified atom stereocenters. The van der Waals surface area contributed by atoms with Gasteiger partial charge in [0.15, 0.2) is 0 Å². The fourth-order valence-corrected chi connectivity index (χ4v) is 1.63. The highest BCUT2D eigenvalue weighted by Gasteiger charge is 2.28. The number of rotatable bonds is 6. The van der Waals surface area contributed by atoms with E-state index < -0.39 is 0 Å². The van der Waals surface area contributed by atoms with Crippen molar-refractivity contribution in [2.75, 3.05) is 13.2 Å². The summed E-state index contributed by atoms with van der Waals surface area (Å²) >= 11 is 0. The predicted octanol–water partition coefficient (Wildman–Crippen LogP) is 2.19. The van der Waals surface area contributed by atoms with Gasteiger partial charge in [-0.25, -0.2) is 0 Å². The van der Waals surface area contributed by atoms with Crippen LogP contribution >= 0.6 is 0 Å². The lowest BCUT2D eigenvalue weighted by Crippen LogP contribution is -2.45. The summed E-state index contributed by atoms with van der Waals surface area (Å²) in [5.74, 6) is 0.768. The Morgan fingerprint density at radius 2 is 2.08 bits per heavy atom. The van der Waals surface area contributed by atoms with Crippen molar-refractivity contribution in [3.63, 3.8) is 0 Å². The van der Waals surface area contributed by atoms with E-state index in [1.54, 1.807) is 0 Å². The van der Waals surface area contributed by atoms with Crippen LogP contribution in [0.3, 0.4) is 0 Å². The van der Waals surface area contributed by atoms with Crippen molar-refractivity contribution in [2.45, 2.75) is 52.2 Å². The Morgan fingerprint density at radius 1 is 1.38 bits per heavy atom. The predicted molar refractivity (Wildman–Crippen MR) is 55.9 cm³/mol. The topological polar surface area (TPSA) is 21.3 Å². The monoisotopic (exact) mass is 185 g/mol. The van der Waals surface area contributed by atoms with Crippen molar-refractivity contribution >= 4 is 0 Å². The van der Waals surface area contributed by atoms with E-state index in [1.807, 2.05) is 0 Å². The number of nitrogens with one attached hydrogen (secondary N) is 1. The van der Waals surface area contributed by atoms with Crippen LogP contribution in [-0.4, -0.2) is 25.3 Å². The number of hydrogen-bond donors (Lipinski definition) is 1. The quantitative estimate of drug-likeness (QED) is 0.685. The molecule has 1 aliphatic carbocycles. The molecule has 0 heterocycles. The highest BCUT2D eigenvalue weighted by Crippen LogP contribution is 2.23. The molecule has 1 N–H and O–H groups in total. The van der Waals surface area contributed by atoms with Crippen LogP contribution in [0.1, 0.15) is 40.0 Å². The van der Waals surface area contributed by atoms with Crippen LogP contribution < -0.4 is 5.32 Å². The first-order valence-electron chi connectivity index (χ1n) is 5.57. The molecule has 13 heavy (non-hydrogen) atoms. The van der Waals surface area contributed by atoms with E-state index in [1.165, 1.54) is 19.3 Å². The fraction of sp³-hybridized carbons (Fsp3) is 1.00. The molecule has 2 heteroatoms. The van der Waals surface area contributed by atoms with E-state index in [9.17, 15) is 0 Å². The minimum Gasteiger partial charge on any atom is -0.378 e. The van der Waals surface area contributed by atoms with E-state index in [-0.39, 0.29) is 0 Å². The van der Waals surface area contributed by atoms with Gasteiger partial charge < -0.3 is 10.1 Å². The zero-order chi connectivity index (χ0) is 9.68. The van der Waals surface area contributed by atoms with Gasteiger partial charge in [0.1, 0.15) is 0 Å². The molecule has 0 spiro atoms. The van der Waals surface area contributed by atoms with Crippen molar-refractivity contribution in [1.29, 1.82) is 0 Å². The lowest BCUT2D eigenvalue weighted by atomic mass is 9.89. The first-order chi connectivity index (χ1) is 6.22. The Bertz CT molecular complexity index is 130. The van der Waals surface area contributed by atoms with Gasteiger partial charge in [0.2, 0.25) is 0 Å². The summed E-state index contributed by atoms with van der Waals surface area (Å²) in [6, 6.07) is 0.731. The van der Waals surface area contributed by atoms with Crippen LogP contribution in [0.4, 0.5) is 0 Å². The summed E-state index contributed by atoms with van der Waals surface area (Å²) in [6.45, 7) is 8.68. The maximum Gasteiger partial charge on any atom is 0.0604 e. The lowest BCUT2D eigenvalue weighted by molar-refractivity contribution is -0.0198. The SMILES string of the molecule is CCNC1CC(OCCC(C)C)C1. The fourth-order valence-electron chi connectivity index (χ4n) is 1.63. The molecule has 0 aromatic heterocycles. The molecular formula is C11H23NO. The first-order valence-corrected chi connectivity index (χ1v) is 5.57. The Morgan fingerprint density at radius 3 is 2.62 bits per heavy atom. The van der Waals surface area contributed by atoms with Gasteiger partial charge in [0.25, 0.3) is 0 Å². The van der Waals surface area contributed by atoms with Crippen molar-refractivity contribution in [3.05, 3.63) is 0 Å². The average molecular weight is 185 g/mol. The van der Waals surface area contributed by atoms with E-state index in [0.717, 1.165) is 25.1 Å². The van der Waals surface area contributed by atoms with Crippen molar-refractivity contribution in [1.82, 2.24) is 5.32 Å². The van der Waals surface area contributed by atoms with Crippen LogP contribution in [0.15, 0.2) is 0 Å². The molecule has 0 bridgehead atoms. The molecular weight excluding hydrogens is 162 g/mol. The molecule has 1 saturated carbocycles. The molecule has 0 atom stereocenters. The molecule has 0 amide bonds. The van der Waals surface area contributed by atoms with Crippen LogP contribution in [0, 0.1) is 5.92 Å². The molecule has 2 nitrogen and oxygen atoms in total. The van der Waals surface area contributed by atoms with E-state index in [2.05, 4.69) is 26.1 Å². The summed E-state index contributed by atoms with van der Waals surface area (Å²) in [4.78, 5) is 0. The molecule has 1 fully saturated rings. The van der Waals surface area contributed by atoms with Gasteiger partial charge in [-0.2, -0.15) is 0 Å². The summed E-state index contributed by atoms with van der Waals surface area (Å²) in [5.41, 5.74) is 0. The average Bonchev–Trinajstić information content (AvgIpc) is 1.99. The van der Waals surface area contributed by atoms with Gasteiger partial charge in [0, 0.05) is 12.6 Å². The second-order valence-corrected chi connectivity index (χ2v) is 4.40. The van der Waals surface area contributed by atoms with Gasteiger partial charge in [-0.1, -0.05) is 20.8 Å². The first kappa shape index (κ1) is 11.0. The van der Waals surface area contributed by atoms with Gasteiger partial charge in [-0.15, -0.1) is 0 Å². The van der Waals surface area contributed by atoms with Gasteiger partial charge in [-0.05, 0) is 31.7 Å². The Balaban J connectivity index is 1.90. The van der Waals surface area contributed by atoms with Crippen LogP contribution in [-0.2, 0) is 4.74 Å². The third-order valence-corrected chi connectivity index (χ3v) is 2.64. The Hall–Kier alpha value is -0.0800. The second kappa shape index (κ2) is 5.61. The lowest BCUT2D eigenvalue weighted by Gasteiger charge is -2.35. The summed E-state index contributed by atoms with van der Waals surface area (Å²) in [7, 11) is 0. The van der Waals surface area contributed by atoms with Crippen LogP contribution in [0.25, 0.3) is 0 Å². The smallest absolute Gasteiger partial charge is 0.0604 e. The van der Waals surface area contributed by atoms with E-state index in [0.29, 0.717) is 6.10 Å². The van der Waals surface area contributed by atoms with E-state index >= 15 is 0 Å². The molecule has 0 saturated heterocycles. The molecule has 0 aliphatic heterocycles. The number of hydrogen-bond acceptors (Lipinski definition) is 2. The summed E-state index contributed by atoms with van der Waals surface area (Å²) < 4.78 is 5.73. The summed E-state index contributed by atoms with van der Waals surface area (Å²) in [6.07, 6.45) is 4.17. The highest BCUT2D eigenvalue weighted by molar-refractivity contribution is 4.85. The van der Waals surface area contributed by atoms with Gasteiger partial charge >= 0.3 is 0 Å². The van der Waals surface area contributed by atoms with Crippen LogP contribution in [0.2, 0.25) is 0 Å². The molecule has 0 radical (unpaired) electrons. The maximum atomic E-state index is 5.73. The number of ether oxygens (including phenoxy) is 1. The van der Waals surface area contributed by atoms with Crippen LogP contribution in [0.5, 0.6) is 0 Å². The van der Waals surface area contributed by atoms with Gasteiger partial charge in [-0.3, -0.25) is 0 Å². The molecule has 78 valence electrons. The normalized spacial score (nSPS) is 27.7. The summed E-state index contributed by atoms with van der Waals surface area (Å²) in [5, 5.41) is 3.43. The van der Waals surface area contributed by atoms with E-state index in [4.69, 9.17) is 4.74 Å². The molecule has 0 aromatic carbocycles. The third-order valence-electron chi connectivity index (χ3n) is 2.64. The minimum absolute atomic E-state index is 0.544. The largest absolute Gasteiger partial charge is 0.378 e. The minimum atomic E-state index is 0.544. The highest BCUT2D eigenvalue weighted by atomic mass is 16.5. The van der Waals surface area contributed by atoms with Crippen molar-refractivity contribution < 1.29 is 4.74 Å². The van der Waals surface area contributed by atoms with Crippen molar-refractivity contribution in [2.24, 2.45) is 5.92 Å². The Kier molecular flexibility index (Phi) is 4.74. The maximum absolute atomic E-state index is 5.73. The second-order valence-electron chi connectivity index (χ2n) is 4.40.